The Labute approximate surface area is 89.9 Å². The Morgan fingerprint density at radius 3 is 2.87 bits per heavy atom. The number of carbonyl (C=O) groups is 1. The molecule has 0 radical (unpaired) electrons. The highest BCUT2D eigenvalue weighted by Crippen LogP contribution is 2.16. The predicted octanol–water partition coefficient (Wildman–Crippen LogP) is 1.14. The molecule has 2 atom stereocenters. The second-order valence-electron chi connectivity index (χ2n) is 4.10. The summed E-state index contributed by atoms with van der Waals surface area (Å²) >= 11 is 0. The zero-order valence-electron chi connectivity index (χ0n) is 9.08. The van der Waals surface area contributed by atoms with Crippen LogP contribution in [0.1, 0.15) is 24.1 Å². The van der Waals surface area contributed by atoms with Crippen molar-refractivity contribution in [2.45, 2.75) is 25.9 Å². The summed E-state index contributed by atoms with van der Waals surface area (Å²) in [4.78, 5) is 11.3. The topological polar surface area (TPSA) is 41.1 Å². The molecule has 3 heteroatoms. The highest BCUT2D eigenvalue weighted by molar-refractivity contribution is 5.82. The van der Waals surface area contributed by atoms with Crippen molar-refractivity contribution in [2.75, 3.05) is 6.54 Å². The van der Waals surface area contributed by atoms with Crippen LogP contribution >= 0.6 is 0 Å². The van der Waals surface area contributed by atoms with E-state index in [4.69, 9.17) is 0 Å². The molecule has 2 N–H and O–H groups in total. The molecule has 1 aromatic carbocycles. The van der Waals surface area contributed by atoms with Crippen molar-refractivity contribution in [3.63, 3.8) is 0 Å². The van der Waals surface area contributed by atoms with Gasteiger partial charge in [-0.1, -0.05) is 29.8 Å². The molecule has 0 spiro atoms. The quantitative estimate of drug-likeness (QED) is 0.720. The molecule has 1 saturated heterocycles. The van der Waals surface area contributed by atoms with E-state index in [0.29, 0.717) is 6.54 Å². The Hall–Kier alpha value is -1.35. The lowest BCUT2D eigenvalue weighted by Gasteiger charge is -2.29. The van der Waals surface area contributed by atoms with Crippen LogP contribution in [0.4, 0.5) is 0 Å². The number of piperazine rings is 1. The number of aryl methyl sites for hydroxylation is 1. The van der Waals surface area contributed by atoms with Crippen molar-refractivity contribution in [1.82, 2.24) is 10.6 Å². The second kappa shape index (κ2) is 4.03. The van der Waals surface area contributed by atoms with Gasteiger partial charge in [0.15, 0.2) is 0 Å². The predicted molar refractivity (Wildman–Crippen MR) is 59.5 cm³/mol. The molecule has 2 rings (SSSR count). The maximum atomic E-state index is 11.3. The van der Waals surface area contributed by atoms with Crippen LogP contribution in [0.2, 0.25) is 0 Å². The Morgan fingerprint density at radius 2 is 2.20 bits per heavy atom. The first-order chi connectivity index (χ1) is 7.16. The number of hydrogen-bond acceptors (Lipinski definition) is 2. The first-order valence-corrected chi connectivity index (χ1v) is 5.27. The molecule has 3 nitrogen and oxygen atoms in total. The first-order valence-electron chi connectivity index (χ1n) is 5.27. The van der Waals surface area contributed by atoms with E-state index >= 15 is 0 Å². The van der Waals surface area contributed by atoms with Gasteiger partial charge in [-0.25, -0.2) is 0 Å². The van der Waals surface area contributed by atoms with Crippen LogP contribution in [-0.4, -0.2) is 18.5 Å². The van der Waals surface area contributed by atoms with Gasteiger partial charge in [0.1, 0.15) is 0 Å². The van der Waals surface area contributed by atoms with Gasteiger partial charge in [0.05, 0.1) is 12.1 Å². The molecule has 1 fully saturated rings. The lowest BCUT2D eigenvalue weighted by atomic mass is 10.0. The van der Waals surface area contributed by atoms with Gasteiger partial charge in [0.2, 0.25) is 5.91 Å². The second-order valence-corrected chi connectivity index (χ2v) is 4.10. The summed E-state index contributed by atoms with van der Waals surface area (Å²) in [5.41, 5.74) is 2.49. The van der Waals surface area contributed by atoms with Crippen molar-refractivity contribution < 1.29 is 4.79 Å². The summed E-state index contributed by atoms with van der Waals surface area (Å²) in [6.07, 6.45) is 0. The van der Waals surface area contributed by atoms with Crippen molar-refractivity contribution in [2.24, 2.45) is 0 Å². The smallest absolute Gasteiger partial charge is 0.236 e. The molecule has 0 bridgehead atoms. The van der Waals surface area contributed by atoms with Crippen LogP contribution < -0.4 is 10.6 Å². The molecule has 0 aliphatic carbocycles. The van der Waals surface area contributed by atoms with Gasteiger partial charge in [-0.3, -0.25) is 10.1 Å². The number of hydrogen-bond donors (Lipinski definition) is 2. The minimum Gasteiger partial charge on any atom is -0.353 e. The average Bonchev–Trinajstić information content (AvgIpc) is 2.22. The van der Waals surface area contributed by atoms with Crippen LogP contribution in [-0.2, 0) is 4.79 Å². The molecule has 0 aromatic heterocycles. The van der Waals surface area contributed by atoms with E-state index in [1.54, 1.807) is 0 Å². The highest BCUT2D eigenvalue weighted by atomic mass is 16.2. The van der Waals surface area contributed by atoms with Gasteiger partial charge < -0.3 is 5.32 Å². The molecular weight excluding hydrogens is 188 g/mol. The standard InChI is InChI=1S/C12H16N2O/c1-8-4-3-5-10(6-8)11-7-13-12(15)9(2)14-11/h3-6,9,11,14H,7H2,1-2H3,(H,13,15)/t9-,11?/m1/s1. The Morgan fingerprint density at radius 1 is 1.40 bits per heavy atom. The fraction of sp³-hybridized carbons (Fsp3) is 0.417. The summed E-state index contributed by atoms with van der Waals surface area (Å²) in [5.74, 6) is 0.0823. The third kappa shape index (κ3) is 2.18. The van der Waals surface area contributed by atoms with Crippen LogP contribution in [0.15, 0.2) is 24.3 Å². The molecule has 1 aromatic rings. The van der Waals surface area contributed by atoms with Gasteiger partial charge in [-0.15, -0.1) is 0 Å². The van der Waals surface area contributed by atoms with E-state index in [0.717, 1.165) is 0 Å². The zero-order chi connectivity index (χ0) is 10.8. The van der Waals surface area contributed by atoms with Crippen molar-refractivity contribution >= 4 is 5.91 Å². The van der Waals surface area contributed by atoms with E-state index in [-0.39, 0.29) is 18.0 Å². The monoisotopic (exact) mass is 204 g/mol. The van der Waals surface area contributed by atoms with Gasteiger partial charge >= 0.3 is 0 Å². The van der Waals surface area contributed by atoms with E-state index in [1.165, 1.54) is 11.1 Å². The molecule has 15 heavy (non-hydrogen) atoms. The minimum absolute atomic E-state index is 0.0823. The summed E-state index contributed by atoms with van der Waals surface area (Å²) in [7, 11) is 0. The molecule has 80 valence electrons. The summed E-state index contributed by atoms with van der Waals surface area (Å²) < 4.78 is 0. The molecular formula is C12H16N2O. The number of amides is 1. The van der Waals surface area contributed by atoms with E-state index in [2.05, 4.69) is 35.8 Å². The summed E-state index contributed by atoms with van der Waals surface area (Å²) in [5, 5.41) is 6.20. The van der Waals surface area contributed by atoms with E-state index in [1.807, 2.05) is 13.0 Å². The van der Waals surface area contributed by atoms with Crippen molar-refractivity contribution in [3.05, 3.63) is 35.4 Å². The SMILES string of the molecule is Cc1cccc(C2CNC(=O)[C@@H](C)N2)c1. The summed E-state index contributed by atoms with van der Waals surface area (Å²) in [6.45, 7) is 4.64. The molecule has 0 saturated carbocycles. The highest BCUT2D eigenvalue weighted by Gasteiger charge is 2.24. The van der Waals surface area contributed by atoms with Crippen LogP contribution in [0, 0.1) is 6.92 Å². The number of rotatable bonds is 1. The van der Waals surface area contributed by atoms with E-state index in [9.17, 15) is 4.79 Å². The normalized spacial score (nSPS) is 26.1. The first kappa shape index (κ1) is 10.2. The number of nitrogens with one attached hydrogen (secondary N) is 2. The lowest BCUT2D eigenvalue weighted by molar-refractivity contribution is -0.124. The third-order valence-electron chi connectivity index (χ3n) is 2.77. The molecule has 1 amide bonds. The van der Waals surface area contributed by atoms with Gasteiger partial charge in [0.25, 0.3) is 0 Å². The minimum atomic E-state index is -0.107. The number of carbonyl (C=O) groups excluding carboxylic acids is 1. The largest absolute Gasteiger partial charge is 0.353 e. The van der Waals surface area contributed by atoms with Gasteiger partial charge in [-0.2, -0.15) is 0 Å². The van der Waals surface area contributed by atoms with E-state index < -0.39 is 0 Å². The Balaban J connectivity index is 2.15. The third-order valence-corrected chi connectivity index (χ3v) is 2.77. The fourth-order valence-electron chi connectivity index (χ4n) is 1.89. The Kier molecular flexibility index (Phi) is 2.73. The van der Waals surface area contributed by atoms with Crippen LogP contribution in [0.3, 0.4) is 0 Å². The van der Waals surface area contributed by atoms with Crippen molar-refractivity contribution in [3.8, 4) is 0 Å². The number of benzene rings is 1. The average molecular weight is 204 g/mol. The Bertz CT molecular complexity index is 376. The molecule has 1 aliphatic rings. The molecule has 1 unspecified atom stereocenters. The van der Waals surface area contributed by atoms with Gasteiger partial charge in [-0.05, 0) is 19.4 Å². The molecule has 1 heterocycles. The maximum Gasteiger partial charge on any atom is 0.236 e. The van der Waals surface area contributed by atoms with Crippen LogP contribution in [0.5, 0.6) is 0 Å². The van der Waals surface area contributed by atoms with Crippen molar-refractivity contribution in [1.29, 1.82) is 0 Å². The maximum absolute atomic E-state index is 11.3. The van der Waals surface area contributed by atoms with Crippen LogP contribution in [0.25, 0.3) is 0 Å². The zero-order valence-corrected chi connectivity index (χ0v) is 9.08. The van der Waals surface area contributed by atoms with Gasteiger partial charge in [0, 0.05) is 6.54 Å². The summed E-state index contributed by atoms with van der Waals surface area (Å²) in [6, 6.07) is 8.50. The fourth-order valence-corrected chi connectivity index (χ4v) is 1.89. The lowest BCUT2D eigenvalue weighted by Crippen LogP contribution is -2.52. The molecule has 1 aliphatic heterocycles.